The summed E-state index contributed by atoms with van der Waals surface area (Å²) >= 11 is 0. The number of benzene rings is 3. The number of fused-ring (bicyclic) bond motifs is 1. The van der Waals surface area contributed by atoms with Crippen LogP contribution in [0.2, 0.25) is 0 Å². The standard InChI is InChI=1S/C29H27N3O2/c1-18-14-15-24-23(16-18)29(21-10-6-5-7-11-21)28(19(2)30-24)25-17-26(32(31-25)20(3)33)22-12-8-9-13-27(22)34-4/h5-16,26H,17H2,1-4H3. The largest absolute Gasteiger partial charge is 0.496 e. The number of rotatable bonds is 4. The number of para-hydroxylation sites is 1. The molecule has 0 aliphatic carbocycles. The Labute approximate surface area is 199 Å². The molecule has 3 aromatic carbocycles. The Morgan fingerprint density at radius 1 is 0.971 bits per heavy atom. The number of amides is 1. The lowest BCUT2D eigenvalue weighted by Gasteiger charge is -2.22. The maximum atomic E-state index is 12.7. The molecule has 34 heavy (non-hydrogen) atoms. The molecule has 0 bridgehead atoms. The molecule has 1 aliphatic heterocycles. The van der Waals surface area contributed by atoms with E-state index in [1.54, 1.807) is 19.0 Å². The molecular formula is C29H27N3O2. The van der Waals surface area contributed by atoms with Crippen molar-refractivity contribution in [2.45, 2.75) is 33.2 Å². The van der Waals surface area contributed by atoms with Crippen molar-refractivity contribution in [1.82, 2.24) is 9.99 Å². The third-order valence-electron chi connectivity index (χ3n) is 6.40. The van der Waals surface area contributed by atoms with Crippen molar-refractivity contribution in [3.63, 3.8) is 0 Å². The first-order chi connectivity index (χ1) is 16.5. The van der Waals surface area contributed by atoms with E-state index in [4.69, 9.17) is 14.8 Å². The van der Waals surface area contributed by atoms with Crippen LogP contribution in [0.4, 0.5) is 0 Å². The minimum Gasteiger partial charge on any atom is -0.496 e. The van der Waals surface area contributed by atoms with Crippen molar-refractivity contribution in [1.29, 1.82) is 0 Å². The molecule has 0 N–H and O–H groups in total. The number of ether oxygens (including phenoxy) is 1. The minimum atomic E-state index is -0.236. The number of nitrogens with zero attached hydrogens (tertiary/aromatic N) is 3. The number of carbonyl (C=O) groups is 1. The molecule has 0 fully saturated rings. The van der Waals surface area contributed by atoms with Gasteiger partial charge in [0.1, 0.15) is 5.75 Å². The zero-order valence-corrected chi connectivity index (χ0v) is 19.9. The van der Waals surface area contributed by atoms with Crippen LogP contribution < -0.4 is 4.74 Å². The van der Waals surface area contributed by atoms with Gasteiger partial charge in [-0.3, -0.25) is 9.78 Å². The van der Waals surface area contributed by atoms with Gasteiger partial charge in [-0.1, -0.05) is 60.2 Å². The fraction of sp³-hybridized carbons (Fsp3) is 0.207. The molecule has 0 spiro atoms. The van der Waals surface area contributed by atoms with E-state index in [0.29, 0.717) is 6.42 Å². The SMILES string of the molecule is COc1ccccc1C1CC(c2c(C)nc3ccc(C)cc3c2-c2ccccc2)=NN1C(C)=O. The van der Waals surface area contributed by atoms with Crippen LogP contribution >= 0.6 is 0 Å². The summed E-state index contributed by atoms with van der Waals surface area (Å²) in [5.41, 5.74) is 8.04. The van der Waals surface area contributed by atoms with Crippen LogP contribution in [0.5, 0.6) is 5.75 Å². The predicted molar refractivity (Wildman–Crippen MR) is 136 cm³/mol. The van der Waals surface area contributed by atoms with E-state index >= 15 is 0 Å². The van der Waals surface area contributed by atoms with Gasteiger partial charge in [0, 0.05) is 41.1 Å². The van der Waals surface area contributed by atoms with Crippen LogP contribution in [0, 0.1) is 13.8 Å². The summed E-state index contributed by atoms with van der Waals surface area (Å²) in [4.78, 5) is 17.6. The van der Waals surface area contributed by atoms with Crippen LogP contribution in [-0.2, 0) is 4.79 Å². The van der Waals surface area contributed by atoms with Crippen LogP contribution in [0.1, 0.15) is 41.8 Å². The summed E-state index contributed by atoms with van der Waals surface area (Å²) < 4.78 is 5.61. The molecule has 5 rings (SSSR count). The summed E-state index contributed by atoms with van der Waals surface area (Å²) in [6.45, 7) is 5.68. The number of aromatic nitrogens is 1. The summed E-state index contributed by atoms with van der Waals surface area (Å²) in [6.07, 6.45) is 0.583. The van der Waals surface area contributed by atoms with Gasteiger partial charge in [-0.2, -0.15) is 5.10 Å². The highest BCUT2D eigenvalue weighted by atomic mass is 16.5. The van der Waals surface area contributed by atoms with E-state index in [9.17, 15) is 4.79 Å². The van der Waals surface area contributed by atoms with Gasteiger partial charge in [0.25, 0.3) is 0 Å². The number of pyridine rings is 1. The second-order valence-corrected chi connectivity index (χ2v) is 8.71. The van der Waals surface area contributed by atoms with Gasteiger partial charge in [-0.15, -0.1) is 0 Å². The highest BCUT2D eigenvalue weighted by Gasteiger charge is 2.35. The van der Waals surface area contributed by atoms with Crippen LogP contribution in [0.15, 0.2) is 77.9 Å². The van der Waals surface area contributed by atoms with E-state index in [-0.39, 0.29) is 11.9 Å². The molecule has 0 radical (unpaired) electrons. The van der Waals surface area contributed by atoms with Gasteiger partial charge in [0.2, 0.25) is 5.91 Å². The quantitative estimate of drug-likeness (QED) is 0.371. The first-order valence-corrected chi connectivity index (χ1v) is 11.4. The van der Waals surface area contributed by atoms with E-state index < -0.39 is 0 Å². The van der Waals surface area contributed by atoms with Gasteiger partial charge in [0.05, 0.1) is 24.4 Å². The third-order valence-corrected chi connectivity index (χ3v) is 6.40. The van der Waals surface area contributed by atoms with E-state index in [0.717, 1.165) is 50.3 Å². The second kappa shape index (κ2) is 8.75. The summed E-state index contributed by atoms with van der Waals surface area (Å²) in [7, 11) is 1.65. The smallest absolute Gasteiger partial charge is 0.240 e. The second-order valence-electron chi connectivity index (χ2n) is 8.71. The highest BCUT2D eigenvalue weighted by Crippen LogP contribution is 2.41. The Bertz CT molecular complexity index is 1430. The summed E-state index contributed by atoms with van der Waals surface area (Å²) in [6, 6.07) is 24.3. The van der Waals surface area contributed by atoms with E-state index in [1.807, 2.05) is 49.4 Å². The van der Waals surface area contributed by atoms with Crippen molar-refractivity contribution in [2.75, 3.05) is 7.11 Å². The minimum absolute atomic E-state index is 0.102. The summed E-state index contributed by atoms with van der Waals surface area (Å²) in [5, 5.41) is 7.54. The Morgan fingerprint density at radius 2 is 1.71 bits per heavy atom. The van der Waals surface area contributed by atoms with Gasteiger partial charge < -0.3 is 4.74 Å². The van der Waals surface area contributed by atoms with Gasteiger partial charge in [0.15, 0.2) is 0 Å². The van der Waals surface area contributed by atoms with Crippen LogP contribution in [-0.4, -0.2) is 28.7 Å². The lowest BCUT2D eigenvalue weighted by molar-refractivity contribution is -0.130. The molecule has 170 valence electrons. The molecule has 1 atom stereocenters. The van der Waals surface area contributed by atoms with Gasteiger partial charge >= 0.3 is 0 Å². The monoisotopic (exact) mass is 449 g/mol. The zero-order chi connectivity index (χ0) is 23.8. The van der Waals surface area contributed by atoms with Crippen molar-refractivity contribution in [3.8, 4) is 16.9 Å². The molecule has 1 unspecified atom stereocenters. The lowest BCUT2D eigenvalue weighted by atomic mass is 9.88. The maximum absolute atomic E-state index is 12.7. The topological polar surface area (TPSA) is 54.8 Å². The number of carbonyl (C=O) groups excluding carboxylic acids is 1. The number of hydrogen-bond donors (Lipinski definition) is 0. The Hall–Kier alpha value is -3.99. The molecular weight excluding hydrogens is 422 g/mol. The molecule has 4 aromatic rings. The van der Waals surface area contributed by atoms with E-state index in [1.165, 1.54) is 5.56 Å². The molecule has 0 saturated carbocycles. The Balaban J connectivity index is 1.74. The van der Waals surface area contributed by atoms with Crippen LogP contribution in [0.25, 0.3) is 22.0 Å². The molecule has 0 saturated heterocycles. The normalized spacial score (nSPS) is 15.5. The molecule has 1 aromatic heterocycles. The van der Waals surface area contributed by atoms with Crippen molar-refractivity contribution >= 4 is 22.5 Å². The first kappa shape index (κ1) is 21.8. The summed E-state index contributed by atoms with van der Waals surface area (Å²) in [5.74, 6) is 0.650. The predicted octanol–water partition coefficient (Wildman–Crippen LogP) is 6.22. The molecule has 1 amide bonds. The first-order valence-electron chi connectivity index (χ1n) is 11.4. The van der Waals surface area contributed by atoms with Gasteiger partial charge in [-0.25, -0.2) is 5.01 Å². The number of hydrazone groups is 1. The average molecular weight is 450 g/mol. The number of hydrogen-bond acceptors (Lipinski definition) is 4. The van der Waals surface area contributed by atoms with Crippen molar-refractivity contribution in [2.24, 2.45) is 5.10 Å². The number of methoxy groups -OCH3 is 1. The third kappa shape index (κ3) is 3.73. The molecule has 2 heterocycles. The highest BCUT2D eigenvalue weighted by molar-refractivity contribution is 6.14. The van der Waals surface area contributed by atoms with Crippen molar-refractivity contribution < 1.29 is 9.53 Å². The van der Waals surface area contributed by atoms with E-state index in [2.05, 4.69) is 37.3 Å². The Kier molecular flexibility index (Phi) is 5.62. The number of aryl methyl sites for hydroxylation is 2. The molecule has 5 heteroatoms. The zero-order valence-electron chi connectivity index (χ0n) is 19.9. The average Bonchev–Trinajstić information content (AvgIpc) is 3.29. The van der Waals surface area contributed by atoms with Gasteiger partial charge in [-0.05, 0) is 37.6 Å². The van der Waals surface area contributed by atoms with Crippen LogP contribution in [0.3, 0.4) is 0 Å². The van der Waals surface area contributed by atoms with Crippen molar-refractivity contribution in [3.05, 3.63) is 95.2 Å². The molecule has 5 nitrogen and oxygen atoms in total. The lowest BCUT2D eigenvalue weighted by Crippen LogP contribution is -2.24. The molecule has 1 aliphatic rings. The maximum Gasteiger partial charge on any atom is 0.240 e. The Morgan fingerprint density at radius 3 is 2.44 bits per heavy atom. The fourth-order valence-corrected chi connectivity index (χ4v) is 4.89. The fourth-order valence-electron chi connectivity index (χ4n) is 4.89.